The first kappa shape index (κ1) is 18.1. The molecule has 0 aliphatic carbocycles. The fourth-order valence-corrected chi connectivity index (χ4v) is 3.67. The van der Waals surface area contributed by atoms with Gasteiger partial charge in [0.15, 0.2) is 0 Å². The number of aryl methyl sites for hydroxylation is 1. The molecule has 1 aliphatic heterocycles. The van der Waals surface area contributed by atoms with Crippen LogP contribution in [-0.4, -0.2) is 22.7 Å². The van der Waals surface area contributed by atoms with Crippen LogP contribution in [0.1, 0.15) is 28.2 Å². The zero-order valence-electron chi connectivity index (χ0n) is 15.1. The van der Waals surface area contributed by atoms with Crippen LogP contribution in [0.4, 0.5) is 11.4 Å². The summed E-state index contributed by atoms with van der Waals surface area (Å²) in [6.45, 7) is 1.96. The van der Waals surface area contributed by atoms with E-state index in [1.54, 1.807) is 35.6 Å². The van der Waals surface area contributed by atoms with Crippen molar-refractivity contribution in [2.75, 3.05) is 10.2 Å². The summed E-state index contributed by atoms with van der Waals surface area (Å²) in [7, 11) is 0. The van der Waals surface area contributed by atoms with Crippen LogP contribution >= 0.6 is 11.3 Å². The zero-order valence-corrected chi connectivity index (χ0v) is 16.0. The third-order valence-electron chi connectivity index (χ3n) is 4.50. The number of hydrogen-bond donors (Lipinski definition) is 1. The topological polar surface area (TPSA) is 79.4 Å². The quantitative estimate of drug-likeness (QED) is 0.681. The number of benzene rings is 2. The van der Waals surface area contributed by atoms with Gasteiger partial charge in [-0.15, -0.1) is 11.3 Å². The lowest BCUT2D eigenvalue weighted by molar-refractivity contribution is -0.121. The van der Waals surface area contributed by atoms with Gasteiger partial charge in [-0.3, -0.25) is 19.3 Å². The molecule has 0 radical (unpaired) electrons. The van der Waals surface area contributed by atoms with Gasteiger partial charge >= 0.3 is 0 Å². The Kier molecular flexibility index (Phi) is 4.75. The third-order valence-corrected chi connectivity index (χ3v) is 5.27. The number of nitrogens with zero attached hydrogens (tertiary/aromatic N) is 2. The molecule has 0 unspecified atom stereocenters. The number of carbonyl (C=O) groups excluding carboxylic acids is 3. The predicted molar refractivity (Wildman–Crippen MR) is 108 cm³/mol. The van der Waals surface area contributed by atoms with Crippen molar-refractivity contribution in [3.63, 3.8) is 0 Å². The van der Waals surface area contributed by atoms with Gasteiger partial charge in [0.1, 0.15) is 0 Å². The average Bonchev–Trinajstić information content (AvgIpc) is 3.28. The standard InChI is InChI=1S/C21H17N3O3S/c1-13-22-18(12-28-13)14-2-6-16(7-3-14)23-21(27)15-4-8-17(9-5-15)24-19(25)10-11-20(24)26/h2-9,12H,10-11H2,1H3,(H,23,27). The van der Waals surface area contributed by atoms with Gasteiger partial charge in [-0.1, -0.05) is 12.1 Å². The summed E-state index contributed by atoms with van der Waals surface area (Å²) in [5.74, 6) is -0.682. The summed E-state index contributed by atoms with van der Waals surface area (Å²) >= 11 is 1.60. The van der Waals surface area contributed by atoms with Crippen LogP contribution in [0.15, 0.2) is 53.9 Å². The molecular formula is C21H17N3O3S. The number of aromatic nitrogens is 1. The highest BCUT2D eigenvalue weighted by Gasteiger charge is 2.30. The Hall–Kier alpha value is -3.32. The lowest BCUT2D eigenvalue weighted by atomic mass is 10.1. The van der Waals surface area contributed by atoms with Crippen molar-refractivity contribution in [1.29, 1.82) is 0 Å². The summed E-state index contributed by atoms with van der Waals surface area (Å²) in [5.41, 5.74) is 3.53. The number of imide groups is 1. The maximum absolute atomic E-state index is 12.5. The predicted octanol–water partition coefficient (Wildman–Crippen LogP) is 4.02. The van der Waals surface area contributed by atoms with Crippen LogP contribution in [0.3, 0.4) is 0 Å². The van der Waals surface area contributed by atoms with Crippen molar-refractivity contribution in [1.82, 2.24) is 4.98 Å². The molecule has 1 aromatic heterocycles. The Balaban J connectivity index is 1.45. The number of rotatable bonds is 4. The molecule has 1 saturated heterocycles. The smallest absolute Gasteiger partial charge is 0.255 e. The number of amides is 3. The lowest BCUT2D eigenvalue weighted by Gasteiger charge is -2.14. The molecule has 3 aromatic rings. The van der Waals surface area contributed by atoms with Gasteiger partial charge < -0.3 is 5.32 Å². The molecule has 7 heteroatoms. The van der Waals surface area contributed by atoms with Crippen molar-refractivity contribution in [2.24, 2.45) is 0 Å². The zero-order chi connectivity index (χ0) is 19.7. The van der Waals surface area contributed by atoms with Gasteiger partial charge in [0, 0.05) is 35.0 Å². The first-order chi connectivity index (χ1) is 13.5. The number of nitrogens with one attached hydrogen (secondary N) is 1. The first-order valence-corrected chi connectivity index (χ1v) is 9.69. The van der Waals surface area contributed by atoms with Gasteiger partial charge in [-0.25, -0.2) is 4.98 Å². The molecule has 1 aliphatic rings. The van der Waals surface area contributed by atoms with Crippen LogP contribution in [0.25, 0.3) is 11.3 Å². The number of anilines is 2. The maximum atomic E-state index is 12.5. The number of thiazole rings is 1. The summed E-state index contributed by atoms with van der Waals surface area (Å²) in [6, 6.07) is 13.9. The van der Waals surface area contributed by atoms with Gasteiger partial charge in [0.25, 0.3) is 5.91 Å². The number of carbonyl (C=O) groups is 3. The largest absolute Gasteiger partial charge is 0.322 e. The molecule has 2 aromatic carbocycles. The minimum absolute atomic E-state index is 0.211. The van der Waals surface area contributed by atoms with Gasteiger partial charge in [-0.05, 0) is 43.3 Å². The van der Waals surface area contributed by atoms with Crippen molar-refractivity contribution in [3.05, 3.63) is 64.5 Å². The fourth-order valence-electron chi connectivity index (χ4n) is 3.05. The number of hydrogen-bond acceptors (Lipinski definition) is 5. The maximum Gasteiger partial charge on any atom is 0.255 e. The van der Waals surface area contributed by atoms with E-state index in [1.807, 2.05) is 36.6 Å². The van der Waals surface area contributed by atoms with Crippen LogP contribution in [0.5, 0.6) is 0 Å². The van der Waals surface area contributed by atoms with E-state index in [9.17, 15) is 14.4 Å². The van der Waals surface area contributed by atoms with E-state index in [0.717, 1.165) is 16.3 Å². The second-order valence-electron chi connectivity index (χ2n) is 6.45. The van der Waals surface area contributed by atoms with E-state index >= 15 is 0 Å². The van der Waals surface area contributed by atoms with Gasteiger partial charge in [-0.2, -0.15) is 0 Å². The highest BCUT2D eigenvalue weighted by Crippen LogP contribution is 2.25. The Morgan fingerprint density at radius 1 is 1.00 bits per heavy atom. The average molecular weight is 391 g/mol. The van der Waals surface area contributed by atoms with E-state index in [-0.39, 0.29) is 30.6 Å². The Labute approximate surface area is 165 Å². The first-order valence-electron chi connectivity index (χ1n) is 8.81. The molecule has 2 heterocycles. The molecule has 4 rings (SSSR count). The minimum atomic E-state index is -0.261. The van der Waals surface area contributed by atoms with E-state index in [1.165, 1.54) is 4.90 Å². The van der Waals surface area contributed by atoms with Crippen molar-refractivity contribution >= 4 is 40.4 Å². The highest BCUT2D eigenvalue weighted by atomic mass is 32.1. The molecule has 6 nitrogen and oxygen atoms in total. The van der Waals surface area contributed by atoms with Crippen LogP contribution < -0.4 is 10.2 Å². The second-order valence-corrected chi connectivity index (χ2v) is 7.52. The monoisotopic (exact) mass is 391 g/mol. The molecule has 140 valence electrons. The summed E-state index contributed by atoms with van der Waals surface area (Å²) in [4.78, 5) is 41.7. The molecule has 1 N–H and O–H groups in total. The van der Waals surface area contributed by atoms with E-state index in [0.29, 0.717) is 16.9 Å². The molecular weight excluding hydrogens is 374 g/mol. The Morgan fingerprint density at radius 3 is 2.21 bits per heavy atom. The van der Waals surface area contributed by atoms with Gasteiger partial charge in [0.2, 0.25) is 11.8 Å². The summed E-state index contributed by atoms with van der Waals surface area (Å²) < 4.78 is 0. The molecule has 0 bridgehead atoms. The van der Waals surface area contributed by atoms with E-state index in [4.69, 9.17) is 0 Å². The SMILES string of the molecule is Cc1nc(-c2ccc(NC(=O)c3ccc(N4C(=O)CCC4=O)cc3)cc2)cs1. The normalized spacial score (nSPS) is 13.8. The van der Waals surface area contributed by atoms with Crippen molar-refractivity contribution < 1.29 is 14.4 Å². The molecule has 0 atom stereocenters. The van der Waals surface area contributed by atoms with Crippen LogP contribution in [0.2, 0.25) is 0 Å². The van der Waals surface area contributed by atoms with Gasteiger partial charge in [0.05, 0.1) is 16.4 Å². The third kappa shape index (κ3) is 3.57. The fraction of sp³-hybridized carbons (Fsp3) is 0.143. The lowest BCUT2D eigenvalue weighted by Crippen LogP contribution is -2.28. The molecule has 0 spiro atoms. The van der Waals surface area contributed by atoms with E-state index in [2.05, 4.69) is 10.3 Å². The van der Waals surface area contributed by atoms with Crippen molar-refractivity contribution in [2.45, 2.75) is 19.8 Å². The molecule has 28 heavy (non-hydrogen) atoms. The second kappa shape index (κ2) is 7.36. The van der Waals surface area contributed by atoms with E-state index < -0.39 is 0 Å². The summed E-state index contributed by atoms with van der Waals surface area (Å²) in [6.07, 6.45) is 0.467. The molecule has 0 saturated carbocycles. The highest BCUT2D eigenvalue weighted by molar-refractivity contribution is 7.09. The Morgan fingerprint density at radius 2 is 1.64 bits per heavy atom. The molecule has 3 amide bonds. The Bertz CT molecular complexity index is 1040. The van der Waals surface area contributed by atoms with Crippen LogP contribution in [-0.2, 0) is 9.59 Å². The molecule has 1 fully saturated rings. The summed E-state index contributed by atoms with van der Waals surface area (Å²) in [5, 5.41) is 5.85. The van der Waals surface area contributed by atoms with Crippen LogP contribution in [0, 0.1) is 6.92 Å². The van der Waals surface area contributed by atoms with Crippen molar-refractivity contribution in [3.8, 4) is 11.3 Å². The minimum Gasteiger partial charge on any atom is -0.322 e.